The molecule has 0 amide bonds. The molecule has 0 unspecified atom stereocenters. The molecule has 0 atom stereocenters. The second kappa shape index (κ2) is 5.68. The molecule has 0 saturated heterocycles. The zero-order chi connectivity index (χ0) is 14.8. The van der Waals surface area contributed by atoms with Gasteiger partial charge in [-0.3, -0.25) is 0 Å². The molecule has 1 nitrogen and oxygen atoms in total. The Bertz CT molecular complexity index is 704. The number of fused-ring (bicyclic) bond motifs is 1. The Morgan fingerprint density at radius 1 is 1.00 bits per heavy atom. The number of rotatable bonds is 2. The first-order valence-electron chi connectivity index (χ1n) is 7.00. The fourth-order valence-electron chi connectivity index (χ4n) is 2.76. The number of allylic oxidation sites excluding steroid dienone is 1. The molecule has 0 N–H and O–H groups in total. The van der Waals surface area contributed by atoms with E-state index in [1.54, 1.807) is 7.11 Å². The number of aryl methyl sites for hydroxylation is 1. The molecule has 2 aromatic rings. The van der Waals surface area contributed by atoms with Crippen molar-refractivity contribution in [2.45, 2.75) is 19.3 Å². The molecule has 2 aromatic carbocycles. The molecule has 0 spiro atoms. The van der Waals surface area contributed by atoms with Gasteiger partial charge in [0, 0.05) is 11.6 Å². The summed E-state index contributed by atoms with van der Waals surface area (Å²) in [6, 6.07) is 9.68. The minimum Gasteiger partial charge on any atom is -0.497 e. The van der Waals surface area contributed by atoms with Crippen LogP contribution in [-0.4, -0.2) is 7.11 Å². The molecular formula is C18H16F2O. The molecule has 0 saturated carbocycles. The normalized spacial score (nSPS) is 14.1. The van der Waals surface area contributed by atoms with Gasteiger partial charge in [0.25, 0.3) is 0 Å². The van der Waals surface area contributed by atoms with Gasteiger partial charge < -0.3 is 4.74 Å². The third-order valence-corrected chi connectivity index (χ3v) is 3.85. The first kappa shape index (κ1) is 13.8. The minimum atomic E-state index is -0.546. The van der Waals surface area contributed by atoms with Crippen LogP contribution in [0.4, 0.5) is 8.78 Å². The van der Waals surface area contributed by atoms with Gasteiger partial charge in [-0.1, -0.05) is 12.1 Å². The monoisotopic (exact) mass is 286 g/mol. The highest BCUT2D eigenvalue weighted by atomic mass is 19.1. The summed E-state index contributed by atoms with van der Waals surface area (Å²) in [5.41, 5.74) is 3.68. The molecule has 1 aliphatic carbocycles. The average Bonchev–Trinajstić information content (AvgIpc) is 2.68. The van der Waals surface area contributed by atoms with Gasteiger partial charge in [-0.05, 0) is 60.2 Å². The summed E-state index contributed by atoms with van der Waals surface area (Å²) in [5, 5.41) is 0. The SMILES string of the molecule is COc1ccc2c(c1)CCCC(c1ccc(F)cc1F)=C2. The van der Waals surface area contributed by atoms with Crippen molar-refractivity contribution in [1.29, 1.82) is 0 Å². The van der Waals surface area contributed by atoms with Crippen LogP contribution < -0.4 is 4.74 Å². The third-order valence-electron chi connectivity index (χ3n) is 3.85. The summed E-state index contributed by atoms with van der Waals surface area (Å²) in [4.78, 5) is 0. The van der Waals surface area contributed by atoms with Crippen LogP contribution in [0.5, 0.6) is 5.75 Å². The Labute approximate surface area is 122 Å². The van der Waals surface area contributed by atoms with Crippen LogP contribution in [0, 0.1) is 11.6 Å². The first-order chi connectivity index (χ1) is 10.2. The number of halogens is 2. The largest absolute Gasteiger partial charge is 0.497 e. The van der Waals surface area contributed by atoms with Crippen molar-refractivity contribution < 1.29 is 13.5 Å². The number of methoxy groups -OCH3 is 1. The molecule has 0 heterocycles. The maximum Gasteiger partial charge on any atom is 0.133 e. The van der Waals surface area contributed by atoms with E-state index in [2.05, 4.69) is 0 Å². The molecule has 1 aliphatic rings. The molecule has 21 heavy (non-hydrogen) atoms. The van der Waals surface area contributed by atoms with Gasteiger partial charge >= 0.3 is 0 Å². The predicted molar refractivity (Wildman–Crippen MR) is 80.2 cm³/mol. The van der Waals surface area contributed by atoms with E-state index in [1.807, 2.05) is 24.3 Å². The summed E-state index contributed by atoms with van der Waals surface area (Å²) >= 11 is 0. The quantitative estimate of drug-likeness (QED) is 0.766. The first-order valence-corrected chi connectivity index (χ1v) is 7.00. The Morgan fingerprint density at radius 3 is 2.62 bits per heavy atom. The van der Waals surface area contributed by atoms with Gasteiger partial charge in [0.2, 0.25) is 0 Å². The summed E-state index contributed by atoms with van der Waals surface area (Å²) in [5.74, 6) is -0.215. The van der Waals surface area contributed by atoms with E-state index < -0.39 is 11.6 Å². The minimum absolute atomic E-state index is 0.486. The highest BCUT2D eigenvalue weighted by Gasteiger charge is 2.14. The predicted octanol–water partition coefficient (Wildman–Crippen LogP) is 4.85. The van der Waals surface area contributed by atoms with Gasteiger partial charge in [-0.15, -0.1) is 0 Å². The molecule has 0 fully saturated rings. The van der Waals surface area contributed by atoms with Crippen molar-refractivity contribution >= 4 is 11.6 Å². The standard InChI is InChI=1S/C18H16F2O/c1-21-16-7-5-13-9-14(4-2-3-12(13)10-16)17-8-6-15(19)11-18(17)20/h5-11H,2-4H2,1H3. The van der Waals surface area contributed by atoms with Gasteiger partial charge in [0.1, 0.15) is 17.4 Å². The van der Waals surface area contributed by atoms with E-state index in [-0.39, 0.29) is 0 Å². The van der Waals surface area contributed by atoms with Crippen molar-refractivity contribution in [1.82, 2.24) is 0 Å². The lowest BCUT2D eigenvalue weighted by Crippen LogP contribution is -1.91. The van der Waals surface area contributed by atoms with Gasteiger partial charge in [0.15, 0.2) is 0 Å². The summed E-state index contributed by atoms with van der Waals surface area (Å²) in [6.45, 7) is 0. The fraction of sp³-hybridized carbons (Fsp3) is 0.222. The van der Waals surface area contributed by atoms with Crippen molar-refractivity contribution in [3.8, 4) is 5.75 Å². The molecule has 0 aromatic heterocycles. The van der Waals surface area contributed by atoms with Crippen LogP contribution in [0.15, 0.2) is 36.4 Å². The Hall–Kier alpha value is -2.16. The zero-order valence-corrected chi connectivity index (χ0v) is 11.8. The van der Waals surface area contributed by atoms with Crippen LogP contribution in [0.25, 0.3) is 11.6 Å². The van der Waals surface area contributed by atoms with Gasteiger partial charge in [-0.25, -0.2) is 8.78 Å². The molecule has 3 heteroatoms. The third kappa shape index (κ3) is 2.82. The van der Waals surface area contributed by atoms with Crippen LogP contribution in [0.1, 0.15) is 29.5 Å². The van der Waals surface area contributed by atoms with E-state index in [4.69, 9.17) is 4.74 Å². The molecule has 3 rings (SSSR count). The number of hydrogen-bond donors (Lipinski definition) is 0. The van der Waals surface area contributed by atoms with E-state index in [0.29, 0.717) is 5.56 Å². The second-order valence-corrected chi connectivity index (χ2v) is 5.21. The van der Waals surface area contributed by atoms with Crippen molar-refractivity contribution in [2.75, 3.05) is 7.11 Å². The van der Waals surface area contributed by atoms with E-state index in [9.17, 15) is 8.78 Å². The zero-order valence-electron chi connectivity index (χ0n) is 11.8. The molecular weight excluding hydrogens is 270 g/mol. The lowest BCUT2D eigenvalue weighted by Gasteiger charge is -2.07. The number of ether oxygens (including phenoxy) is 1. The topological polar surface area (TPSA) is 9.23 Å². The van der Waals surface area contributed by atoms with Crippen LogP contribution in [0.2, 0.25) is 0 Å². The average molecular weight is 286 g/mol. The highest BCUT2D eigenvalue weighted by Crippen LogP contribution is 2.32. The van der Waals surface area contributed by atoms with E-state index >= 15 is 0 Å². The molecule has 0 bridgehead atoms. The number of benzene rings is 2. The van der Waals surface area contributed by atoms with E-state index in [0.717, 1.165) is 42.2 Å². The highest BCUT2D eigenvalue weighted by molar-refractivity contribution is 5.83. The van der Waals surface area contributed by atoms with E-state index in [1.165, 1.54) is 17.7 Å². The summed E-state index contributed by atoms with van der Waals surface area (Å²) < 4.78 is 32.2. The van der Waals surface area contributed by atoms with Gasteiger partial charge in [-0.2, -0.15) is 0 Å². The van der Waals surface area contributed by atoms with Crippen molar-refractivity contribution in [2.24, 2.45) is 0 Å². The molecule has 108 valence electrons. The Balaban J connectivity index is 2.04. The van der Waals surface area contributed by atoms with Gasteiger partial charge in [0.05, 0.1) is 7.11 Å². The second-order valence-electron chi connectivity index (χ2n) is 5.21. The molecule has 0 aliphatic heterocycles. The van der Waals surface area contributed by atoms with Crippen molar-refractivity contribution in [3.05, 3.63) is 64.7 Å². The maximum atomic E-state index is 14.0. The summed E-state index contributed by atoms with van der Waals surface area (Å²) in [7, 11) is 1.65. The lowest BCUT2D eigenvalue weighted by atomic mass is 10.00. The maximum absolute atomic E-state index is 14.0. The fourth-order valence-corrected chi connectivity index (χ4v) is 2.76. The molecule has 0 radical (unpaired) electrons. The summed E-state index contributed by atoms with van der Waals surface area (Å²) in [6.07, 6.45) is 4.63. The van der Waals surface area contributed by atoms with Crippen LogP contribution in [-0.2, 0) is 6.42 Å². The van der Waals surface area contributed by atoms with Crippen molar-refractivity contribution in [3.63, 3.8) is 0 Å². The Morgan fingerprint density at radius 2 is 1.86 bits per heavy atom. The number of hydrogen-bond acceptors (Lipinski definition) is 1. The lowest BCUT2D eigenvalue weighted by molar-refractivity contribution is 0.414. The van der Waals surface area contributed by atoms with Crippen LogP contribution in [0.3, 0.4) is 0 Å². The Kier molecular flexibility index (Phi) is 3.74. The smallest absolute Gasteiger partial charge is 0.133 e. The van der Waals surface area contributed by atoms with Crippen LogP contribution >= 0.6 is 0 Å².